The second kappa shape index (κ2) is 7.47. The van der Waals surface area contributed by atoms with Crippen LogP contribution in [0.4, 0.5) is 0 Å². The molecule has 2 fully saturated rings. The van der Waals surface area contributed by atoms with Gasteiger partial charge in [0.1, 0.15) is 6.33 Å². The molecule has 1 aromatic rings. The van der Waals surface area contributed by atoms with Gasteiger partial charge in [-0.3, -0.25) is 14.5 Å². The second-order valence-electron chi connectivity index (χ2n) is 7.01. The Bertz CT molecular complexity index is 606. The van der Waals surface area contributed by atoms with E-state index in [0.717, 1.165) is 39.0 Å². The molecule has 2 aliphatic rings. The van der Waals surface area contributed by atoms with Crippen molar-refractivity contribution in [3.8, 4) is 0 Å². The molecule has 3 heterocycles. The van der Waals surface area contributed by atoms with Crippen LogP contribution in [-0.4, -0.2) is 92.0 Å². The van der Waals surface area contributed by atoms with Gasteiger partial charge in [0, 0.05) is 51.1 Å². The van der Waals surface area contributed by atoms with Crippen LogP contribution in [0.25, 0.3) is 0 Å². The second-order valence-corrected chi connectivity index (χ2v) is 7.01. The van der Waals surface area contributed by atoms with Gasteiger partial charge in [-0.15, -0.1) is 5.10 Å². The lowest BCUT2D eigenvalue weighted by Crippen LogP contribution is -2.62. The molecule has 2 aliphatic heterocycles. The Morgan fingerprint density at radius 3 is 2.84 bits per heavy atom. The van der Waals surface area contributed by atoms with E-state index in [0.29, 0.717) is 25.9 Å². The molecule has 1 unspecified atom stereocenters. The molecule has 1 atom stereocenters. The van der Waals surface area contributed by atoms with Crippen LogP contribution in [0.5, 0.6) is 0 Å². The largest absolute Gasteiger partial charge is 0.343 e. The molecule has 2 saturated heterocycles. The van der Waals surface area contributed by atoms with E-state index in [1.807, 2.05) is 16.7 Å². The quantitative estimate of drug-likeness (QED) is 0.736. The van der Waals surface area contributed by atoms with Crippen molar-refractivity contribution >= 4 is 11.8 Å². The number of rotatable bonds is 4. The minimum Gasteiger partial charge on any atom is -0.343 e. The zero-order valence-electron chi connectivity index (χ0n) is 15.1. The van der Waals surface area contributed by atoms with Gasteiger partial charge in [-0.2, -0.15) is 0 Å². The van der Waals surface area contributed by atoms with Gasteiger partial charge in [-0.05, 0) is 37.2 Å². The van der Waals surface area contributed by atoms with E-state index in [1.165, 1.54) is 6.33 Å². The van der Waals surface area contributed by atoms with Gasteiger partial charge in [-0.25, -0.2) is 4.68 Å². The van der Waals surface area contributed by atoms with Crippen molar-refractivity contribution in [2.45, 2.75) is 44.7 Å². The normalized spacial score (nSPS) is 25.4. The highest BCUT2D eigenvalue weighted by atomic mass is 16.2. The standard InChI is InChI=1S/C16H27N7O2/c1-3-21-9-7-16(6-4-14(21)24)12-22(11-10-20(16)2)15(25)5-8-23-13-17-18-19-23/h13H,3-12H2,1-2H3. The maximum absolute atomic E-state index is 12.6. The highest BCUT2D eigenvalue weighted by Crippen LogP contribution is 2.32. The van der Waals surface area contributed by atoms with E-state index in [9.17, 15) is 9.59 Å². The molecule has 0 aliphatic carbocycles. The first-order valence-electron chi connectivity index (χ1n) is 9.01. The molecule has 3 rings (SSSR count). The lowest BCUT2D eigenvalue weighted by atomic mass is 9.86. The number of tetrazole rings is 1. The molecule has 9 heteroatoms. The van der Waals surface area contributed by atoms with Crippen LogP contribution in [0, 0.1) is 0 Å². The summed E-state index contributed by atoms with van der Waals surface area (Å²) >= 11 is 0. The van der Waals surface area contributed by atoms with E-state index in [2.05, 4.69) is 27.5 Å². The van der Waals surface area contributed by atoms with Gasteiger partial charge in [0.05, 0.1) is 6.54 Å². The van der Waals surface area contributed by atoms with Gasteiger partial charge < -0.3 is 9.80 Å². The van der Waals surface area contributed by atoms with E-state index < -0.39 is 0 Å². The first-order chi connectivity index (χ1) is 12.0. The number of amides is 2. The summed E-state index contributed by atoms with van der Waals surface area (Å²) in [6.07, 6.45) is 4.21. The van der Waals surface area contributed by atoms with Crippen molar-refractivity contribution < 1.29 is 9.59 Å². The van der Waals surface area contributed by atoms with Crippen molar-refractivity contribution in [3.63, 3.8) is 0 Å². The topological polar surface area (TPSA) is 87.5 Å². The third kappa shape index (κ3) is 3.81. The Kier molecular flexibility index (Phi) is 5.31. The lowest BCUT2D eigenvalue weighted by molar-refractivity contribution is -0.137. The SMILES string of the molecule is CCN1CCC2(CCC1=O)CN(C(=O)CCn1cnnn1)CCN2C. The highest BCUT2D eigenvalue weighted by Gasteiger charge is 2.43. The summed E-state index contributed by atoms with van der Waals surface area (Å²) in [5, 5.41) is 11.0. The number of likely N-dealkylation sites (N-methyl/N-ethyl adjacent to an activating group) is 1. The summed E-state index contributed by atoms with van der Waals surface area (Å²) in [7, 11) is 2.12. The summed E-state index contributed by atoms with van der Waals surface area (Å²) in [6.45, 7) is 6.32. The fraction of sp³-hybridized carbons (Fsp3) is 0.812. The Morgan fingerprint density at radius 2 is 2.12 bits per heavy atom. The summed E-state index contributed by atoms with van der Waals surface area (Å²) in [4.78, 5) is 31.1. The lowest BCUT2D eigenvalue weighted by Gasteiger charge is -2.49. The molecule has 0 saturated carbocycles. The van der Waals surface area contributed by atoms with E-state index in [1.54, 1.807) is 4.68 Å². The summed E-state index contributed by atoms with van der Waals surface area (Å²) in [5.41, 5.74) is -0.0949. The molecule has 25 heavy (non-hydrogen) atoms. The van der Waals surface area contributed by atoms with Gasteiger partial charge in [0.25, 0.3) is 0 Å². The fourth-order valence-corrected chi connectivity index (χ4v) is 3.89. The molecular weight excluding hydrogens is 322 g/mol. The van der Waals surface area contributed by atoms with Crippen molar-refractivity contribution in [1.29, 1.82) is 0 Å². The average Bonchev–Trinajstić information content (AvgIpc) is 3.08. The number of hydrogen-bond donors (Lipinski definition) is 0. The number of carbonyl (C=O) groups excluding carboxylic acids is 2. The summed E-state index contributed by atoms with van der Waals surface area (Å²) in [6, 6.07) is 0. The third-order valence-electron chi connectivity index (χ3n) is 5.68. The molecule has 138 valence electrons. The van der Waals surface area contributed by atoms with Crippen molar-refractivity contribution in [2.75, 3.05) is 39.8 Å². The Morgan fingerprint density at radius 1 is 1.28 bits per heavy atom. The van der Waals surface area contributed by atoms with E-state index in [4.69, 9.17) is 0 Å². The number of aryl methyl sites for hydroxylation is 1. The van der Waals surface area contributed by atoms with E-state index in [-0.39, 0.29) is 17.4 Å². The predicted octanol–water partition coefficient (Wildman–Crippen LogP) is -0.392. The van der Waals surface area contributed by atoms with Crippen LogP contribution in [0.15, 0.2) is 6.33 Å². The fourth-order valence-electron chi connectivity index (χ4n) is 3.89. The highest BCUT2D eigenvalue weighted by molar-refractivity contribution is 5.77. The summed E-state index contributed by atoms with van der Waals surface area (Å²) in [5.74, 6) is 0.362. The number of carbonyl (C=O) groups is 2. The summed E-state index contributed by atoms with van der Waals surface area (Å²) < 4.78 is 1.58. The van der Waals surface area contributed by atoms with Gasteiger partial charge in [-0.1, -0.05) is 0 Å². The molecule has 1 spiro atoms. The molecule has 9 nitrogen and oxygen atoms in total. The average molecular weight is 349 g/mol. The minimum atomic E-state index is -0.0949. The monoisotopic (exact) mass is 349 g/mol. The Hall–Kier alpha value is -2.03. The number of nitrogens with zero attached hydrogens (tertiary/aromatic N) is 7. The van der Waals surface area contributed by atoms with E-state index >= 15 is 0 Å². The van der Waals surface area contributed by atoms with Crippen LogP contribution in [0.2, 0.25) is 0 Å². The predicted molar refractivity (Wildman–Crippen MR) is 90.5 cm³/mol. The van der Waals surface area contributed by atoms with Crippen LogP contribution in [-0.2, 0) is 16.1 Å². The smallest absolute Gasteiger partial charge is 0.224 e. The van der Waals surface area contributed by atoms with Crippen LogP contribution in [0.3, 0.4) is 0 Å². The maximum atomic E-state index is 12.6. The zero-order valence-corrected chi connectivity index (χ0v) is 15.1. The van der Waals surface area contributed by atoms with Crippen molar-refractivity contribution in [2.24, 2.45) is 0 Å². The van der Waals surface area contributed by atoms with Crippen molar-refractivity contribution in [3.05, 3.63) is 6.33 Å². The molecule has 0 radical (unpaired) electrons. The molecular formula is C16H27N7O2. The zero-order chi connectivity index (χ0) is 17.9. The molecule has 0 N–H and O–H groups in total. The first kappa shape index (κ1) is 17.8. The maximum Gasteiger partial charge on any atom is 0.224 e. The number of hydrogen-bond acceptors (Lipinski definition) is 6. The van der Waals surface area contributed by atoms with Crippen LogP contribution < -0.4 is 0 Å². The third-order valence-corrected chi connectivity index (χ3v) is 5.68. The Balaban J connectivity index is 1.64. The number of aromatic nitrogens is 4. The molecule has 0 aromatic carbocycles. The number of piperazine rings is 1. The molecule has 1 aromatic heterocycles. The van der Waals surface area contributed by atoms with Gasteiger partial charge >= 0.3 is 0 Å². The Labute approximate surface area is 147 Å². The van der Waals surface area contributed by atoms with Gasteiger partial charge in [0.15, 0.2) is 0 Å². The van der Waals surface area contributed by atoms with Crippen molar-refractivity contribution in [1.82, 2.24) is 34.9 Å². The minimum absolute atomic E-state index is 0.0949. The van der Waals surface area contributed by atoms with Gasteiger partial charge in [0.2, 0.25) is 11.8 Å². The molecule has 2 amide bonds. The van der Waals surface area contributed by atoms with Crippen LogP contribution >= 0.6 is 0 Å². The van der Waals surface area contributed by atoms with Crippen LogP contribution in [0.1, 0.15) is 32.6 Å². The first-order valence-corrected chi connectivity index (χ1v) is 9.01. The number of likely N-dealkylation sites (tertiary alicyclic amines) is 1. The molecule has 0 bridgehead atoms.